The fourth-order valence-corrected chi connectivity index (χ4v) is 3.22. The molecule has 9 heteroatoms. The van der Waals surface area contributed by atoms with Gasteiger partial charge in [-0.25, -0.2) is 4.39 Å². The zero-order valence-corrected chi connectivity index (χ0v) is 15.4. The van der Waals surface area contributed by atoms with E-state index in [2.05, 4.69) is 5.32 Å². The number of nitrogens with one attached hydrogen (secondary N) is 1. The Labute approximate surface area is 164 Å². The molecule has 0 bridgehead atoms. The summed E-state index contributed by atoms with van der Waals surface area (Å²) in [5.41, 5.74) is -1.33. The summed E-state index contributed by atoms with van der Waals surface area (Å²) >= 11 is 0. The molecule has 0 radical (unpaired) electrons. The van der Waals surface area contributed by atoms with E-state index in [1.807, 2.05) is 0 Å². The minimum atomic E-state index is -4.92. The summed E-state index contributed by atoms with van der Waals surface area (Å²) in [5.74, 6) is -2.04. The number of carbonyl (C=O) groups is 2. The maximum Gasteiger partial charge on any atom is 0.419 e. The lowest BCUT2D eigenvalue weighted by atomic mass is 10.1. The second-order valence-corrected chi connectivity index (χ2v) is 6.57. The number of benzene rings is 2. The van der Waals surface area contributed by atoms with E-state index in [1.54, 1.807) is 24.3 Å². The second kappa shape index (κ2) is 8.10. The topological polar surface area (TPSA) is 58.6 Å². The van der Waals surface area contributed by atoms with Crippen LogP contribution in [0.25, 0.3) is 0 Å². The van der Waals surface area contributed by atoms with Crippen molar-refractivity contribution in [1.29, 1.82) is 0 Å². The van der Waals surface area contributed by atoms with Crippen LogP contribution in [0.15, 0.2) is 42.5 Å². The Kier molecular flexibility index (Phi) is 5.76. The van der Waals surface area contributed by atoms with E-state index >= 15 is 0 Å². The van der Waals surface area contributed by atoms with Crippen LogP contribution in [0.2, 0.25) is 0 Å². The number of ether oxygens (including phenoxy) is 1. The van der Waals surface area contributed by atoms with Crippen molar-refractivity contribution in [2.45, 2.75) is 25.1 Å². The van der Waals surface area contributed by atoms with Crippen molar-refractivity contribution in [3.05, 3.63) is 59.4 Å². The number of anilines is 1. The van der Waals surface area contributed by atoms with E-state index in [-0.39, 0.29) is 12.1 Å². The van der Waals surface area contributed by atoms with Crippen LogP contribution >= 0.6 is 0 Å². The average molecular weight is 410 g/mol. The van der Waals surface area contributed by atoms with E-state index in [9.17, 15) is 27.2 Å². The highest BCUT2D eigenvalue weighted by Gasteiger charge is 2.37. The molecule has 0 aliphatic carbocycles. The molecule has 154 valence electrons. The van der Waals surface area contributed by atoms with Gasteiger partial charge in [-0.2, -0.15) is 13.2 Å². The van der Waals surface area contributed by atoms with E-state index in [1.165, 1.54) is 12.0 Å². The Bertz CT molecular complexity index is 913. The molecule has 1 unspecified atom stereocenters. The van der Waals surface area contributed by atoms with Crippen LogP contribution in [-0.4, -0.2) is 36.4 Å². The zero-order valence-electron chi connectivity index (χ0n) is 15.4. The van der Waals surface area contributed by atoms with Crippen molar-refractivity contribution in [2.24, 2.45) is 0 Å². The molecule has 3 rings (SSSR count). The van der Waals surface area contributed by atoms with Crippen molar-refractivity contribution in [1.82, 2.24) is 4.90 Å². The van der Waals surface area contributed by atoms with E-state index in [4.69, 9.17) is 4.74 Å². The Hall–Kier alpha value is -3.10. The number of amides is 2. The van der Waals surface area contributed by atoms with Gasteiger partial charge in [0.05, 0.1) is 12.7 Å². The fraction of sp³-hybridized carbons (Fsp3) is 0.300. The Morgan fingerprint density at radius 3 is 2.45 bits per heavy atom. The van der Waals surface area contributed by atoms with Gasteiger partial charge in [0.25, 0.3) is 5.91 Å². The molecule has 5 nitrogen and oxygen atoms in total. The van der Waals surface area contributed by atoms with Crippen LogP contribution in [0.3, 0.4) is 0 Å². The number of rotatable bonds is 4. The second-order valence-electron chi connectivity index (χ2n) is 6.57. The van der Waals surface area contributed by atoms with E-state index in [0.29, 0.717) is 36.4 Å². The average Bonchev–Trinajstić information content (AvgIpc) is 3.17. The van der Waals surface area contributed by atoms with Crippen LogP contribution in [0, 0.1) is 5.82 Å². The van der Waals surface area contributed by atoms with Crippen molar-refractivity contribution in [3.63, 3.8) is 0 Å². The minimum Gasteiger partial charge on any atom is -0.497 e. The van der Waals surface area contributed by atoms with Gasteiger partial charge in [0.15, 0.2) is 0 Å². The third-order valence-electron chi connectivity index (χ3n) is 4.69. The van der Waals surface area contributed by atoms with Crippen molar-refractivity contribution >= 4 is 17.5 Å². The van der Waals surface area contributed by atoms with Gasteiger partial charge in [-0.3, -0.25) is 9.59 Å². The molecule has 2 amide bonds. The van der Waals surface area contributed by atoms with Crippen molar-refractivity contribution in [2.75, 3.05) is 19.0 Å². The zero-order chi connectivity index (χ0) is 21.2. The van der Waals surface area contributed by atoms with Crippen LogP contribution in [0.1, 0.15) is 28.8 Å². The third-order valence-corrected chi connectivity index (χ3v) is 4.69. The Morgan fingerprint density at radius 2 is 1.83 bits per heavy atom. The lowest BCUT2D eigenvalue weighted by molar-refractivity contribution is -0.140. The lowest BCUT2D eigenvalue weighted by Gasteiger charge is -2.24. The number of alkyl halides is 3. The van der Waals surface area contributed by atoms with Gasteiger partial charge in [0, 0.05) is 17.8 Å². The highest BCUT2D eigenvalue weighted by Crippen LogP contribution is 2.32. The summed E-state index contributed by atoms with van der Waals surface area (Å²) in [7, 11) is 1.51. The number of methoxy groups -OCH3 is 1. The summed E-state index contributed by atoms with van der Waals surface area (Å²) in [6.07, 6.45) is -4.02. The van der Waals surface area contributed by atoms with Gasteiger partial charge < -0.3 is 15.0 Å². The smallest absolute Gasteiger partial charge is 0.419 e. The quantitative estimate of drug-likeness (QED) is 0.773. The summed E-state index contributed by atoms with van der Waals surface area (Å²) in [6.45, 7) is 0.220. The molecular formula is C20H18F4N2O3. The number of likely N-dealkylation sites (tertiary alicyclic amines) is 1. The number of hydrogen-bond donors (Lipinski definition) is 1. The highest BCUT2D eigenvalue weighted by atomic mass is 19.4. The maximum atomic E-state index is 13.5. The molecule has 1 aliphatic heterocycles. The fourth-order valence-electron chi connectivity index (χ4n) is 3.22. The van der Waals surface area contributed by atoms with Crippen LogP contribution in [0.4, 0.5) is 23.2 Å². The molecular weight excluding hydrogens is 392 g/mol. The highest BCUT2D eigenvalue weighted by molar-refractivity contribution is 6.01. The van der Waals surface area contributed by atoms with Gasteiger partial charge in [-0.1, -0.05) is 0 Å². The molecule has 1 fully saturated rings. The van der Waals surface area contributed by atoms with Crippen LogP contribution in [-0.2, 0) is 11.0 Å². The largest absolute Gasteiger partial charge is 0.497 e. The molecule has 2 aromatic rings. The first-order valence-electron chi connectivity index (χ1n) is 8.83. The summed E-state index contributed by atoms with van der Waals surface area (Å²) in [6, 6.07) is 7.83. The van der Waals surface area contributed by atoms with E-state index < -0.39 is 35.4 Å². The van der Waals surface area contributed by atoms with Gasteiger partial charge in [0.1, 0.15) is 17.6 Å². The first kappa shape index (κ1) is 20.6. The van der Waals surface area contributed by atoms with E-state index in [0.717, 1.165) is 6.07 Å². The first-order valence-corrected chi connectivity index (χ1v) is 8.83. The maximum absolute atomic E-state index is 13.5. The molecule has 0 spiro atoms. The minimum absolute atomic E-state index is 0.220. The monoisotopic (exact) mass is 410 g/mol. The predicted molar refractivity (Wildman–Crippen MR) is 97.1 cm³/mol. The molecule has 0 aromatic heterocycles. The normalized spacial score (nSPS) is 16.6. The van der Waals surface area contributed by atoms with Crippen molar-refractivity contribution < 1.29 is 31.9 Å². The SMILES string of the molecule is COc1ccc(NC(=O)C2CCCN2C(=O)c2ccc(F)c(C(F)(F)F)c2)cc1. The van der Waals surface area contributed by atoms with Crippen LogP contribution in [0.5, 0.6) is 5.75 Å². The molecule has 1 N–H and O–H groups in total. The number of nitrogens with zero attached hydrogens (tertiary/aromatic N) is 1. The third kappa shape index (κ3) is 4.49. The van der Waals surface area contributed by atoms with Gasteiger partial charge in [-0.05, 0) is 55.3 Å². The summed E-state index contributed by atoms with van der Waals surface area (Å²) in [4.78, 5) is 26.6. The Morgan fingerprint density at radius 1 is 1.14 bits per heavy atom. The van der Waals surface area contributed by atoms with Gasteiger partial charge >= 0.3 is 6.18 Å². The Balaban J connectivity index is 1.77. The van der Waals surface area contributed by atoms with Crippen LogP contribution < -0.4 is 10.1 Å². The molecule has 1 atom stereocenters. The van der Waals surface area contributed by atoms with Gasteiger partial charge in [-0.15, -0.1) is 0 Å². The summed E-state index contributed by atoms with van der Waals surface area (Å²) < 4.78 is 57.3. The first-order chi connectivity index (χ1) is 13.7. The molecule has 29 heavy (non-hydrogen) atoms. The summed E-state index contributed by atoms with van der Waals surface area (Å²) in [5, 5.41) is 2.69. The predicted octanol–water partition coefficient (Wildman–Crippen LogP) is 4.10. The molecule has 1 saturated heterocycles. The lowest BCUT2D eigenvalue weighted by Crippen LogP contribution is -2.43. The molecule has 1 heterocycles. The standard InChI is InChI=1S/C20H18F4N2O3/c1-29-14-7-5-13(6-8-14)25-18(27)17-3-2-10-26(17)19(28)12-4-9-16(21)15(11-12)20(22,23)24/h4-9,11,17H,2-3,10H2,1H3,(H,25,27). The number of carbonyl (C=O) groups excluding carboxylic acids is 2. The number of halogens is 4. The van der Waals surface area contributed by atoms with Gasteiger partial charge in [0.2, 0.25) is 5.91 Å². The molecule has 1 aliphatic rings. The molecule has 0 saturated carbocycles. The molecule has 2 aromatic carbocycles. The number of hydrogen-bond acceptors (Lipinski definition) is 3. The van der Waals surface area contributed by atoms with Crippen molar-refractivity contribution in [3.8, 4) is 5.75 Å².